The lowest BCUT2D eigenvalue weighted by Crippen LogP contribution is -2.55. The van der Waals surface area contributed by atoms with Crippen molar-refractivity contribution in [3.05, 3.63) is 48.0 Å². The van der Waals surface area contributed by atoms with E-state index in [0.29, 0.717) is 23.4 Å². The first-order valence-electron chi connectivity index (χ1n) is 9.63. The molecule has 0 aliphatic carbocycles. The number of aromatic amines is 1. The standard InChI is InChI=1S/C20H27N5O5S/c1-31-7-6-15(21)18(27)24-16(8-12-2-4-14(26)5-3-12)19(28)25-17(20(29)30)9-13-10-22-11-23-13/h2-5,10-11,15-17,26H,6-9,21H2,1H3,(H,22,23)(H,24,27)(H,25,28)(H,29,30). The number of carboxylic acid groups (broad SMARTS) is 1. The molecule has 0 bridgehead atoms. The maximum atomic E-state index is 12.9. The van der Waals surface area contributed by atoms with Crippen LogP contribution in [-0.4, -0.2) is 68.1 Å². The maximum Gasteiger partial charge on any atom is 0.326 e. The van der Waals surface area contributed by atoms with Gasteiger partial charge in [-0.1, -0.05) is 12.1 Å². The van der Waals surface area contributed by atoms with Crippen LogP contribution in [0.4, 0.5) is 0 Å². The molecule has 2 rings (SSSR count). The minimum Gasteiger partial charge on any atom is -0.508 e. The minimum atomic E-state index is -1.21. The van der Waals surface area contributed by atoms with E-state index in [2.05, 4.69) is 20.6 Å². The quantitative estimate of drug-likeness (QED) is 0.264. The molecule has 0 saturated heterocycles. The van der Waals surface area contributed by atoms with E-state index in [4.69, 9.17) is 5.73 Å². The molecule has 3 atom stereocenters. The molecule has 10 nitrogen and oxygen atoms in total. The number of hydrogen-bond acceptors (Lipinski definition) is 7. The number of nitrogens with zero attached hydrogens (tertiary/aromatic N) is 1. The van der Waals surface area contributed by atoms with Gasteiger partial charge in [-0.25, -0.2) is 9.78 Å². The summed E-state index contributed by atoms with van der Waals surface area (Å²) >= 11 is 1.55. The summed E-state index contributed by atoms with van der Waals surface area (Å²) in [4.78, 5) is 43.7. The minimum absolute atomic E-state index is 0.00812. The first kappa shape index (κ1) is 24.2. The van der Waals surface area contributed by atoms with Gasteiger partial charge in [0.25, 0.3) is 0 Å². The molecule has 0 saturated carbocycles. The average molecular weight is 450 g/mol. The SMILES string of the molecule is CSCCC(N)C(=O)NC(Cc1ccc(O)cc1)C(=O)NC(Cc1cnc[nH]1)C(=O)O. The van der Waals surface area contributed by atoms with Crippen LogP contribution in [0.15, 0.2) is 36.8 Å². The summed E-state index contributed by atoms with van der Waals surface area (Å²) in [7, 11) is 0. The lowest BCUT2D eigenvalue weighted by Gasteiger charge is -2.23. The van der Waals surface area contributed by atoms with E-state index in [1.54, 1.807) is 23.9 Å². The van der Waals surface area contributed by atoms with Crippen molar-refractivity contribution in [1.82, 2.24) is 20.6 Å². The number of amides is 2. The third kappa shape index (κ3) is 7.95. The number of carboxylic acids is 1. The number of hydrogen-bond donors (Lipinski definition) is 6. The number of imidazole rings is 1. The number of aliphatic carboxylic acids is 1. The molecule has 1 heterocycles. The van der Waals surface area contributed by atoms with Gasteiger partial charge in [0, 0.05) is 24.7 Å². The van der Waals surface area contributed by atoms with Crippen LogP contribution in [0.1, 0.15) is 17.7 Å². The molecule has 0 spiro atoms. The Morgan fingerprint density at radius 3 is 2.39 bits per heavy atom. The number of nitrogens with one attached hydrogen (secondary N) is 3. The van der Waals surface area contributed by atoms with Crippen molar-refractivity contribution in [3.8, 4) is 5.75 Å². The highest BCUT2D eigenvalue weighted by Crippen LogP contribution is 2.12. The summed E-state index contributed by atoms with van der Waals surface area (Å²) in [6.07, 6.45) is 5.34. The Morgan fingerprint density at radius 2 is 1.81 bits per heavy atom. The molecule has 0 radical (unpaired) electrons. The molecule has 2 amide bonds. The van der Waals surface area contributed by atoms with Crippen molar-refractivity contribution in [2.24, 2.45) is 5.73 Å². The molecule has 2 aromatic rings. The van der Waals surface area contributed by atoms with Crippen molar-refractivity contribution >= 4 is 29.5 Å². The van der Waals surface area contributed by atoms with E-state index < -0.39 is 35.9 Å². The zero-order chi connectivity index (χ0) is 22.8. The highest BCUT2D eigenvalue weighted by atomic mass is 32.2. The third-order valence-corrected chi connectivity index (χ3v) is 5.22. The third-order valence-electron chi connectivity index (χ3n) is 4.57. The highest BCUT2D eigenvalue weighted by molar-refractivity contribution is 7.98. The number of H-pyrrole nitrogens is 1. The van der Waals surface area contributed by atoms with Crippen molar-refractivity contribution < 1.29 is 24.6 Å². The summed E-state index contributed by atoms with van der Waals surface area (Å²) in [6.45, 7) is 0. The Hall–Kier alpha value is -3.05. The van der Waals surface area contributed by atoms with Gasteiger partial charge >= 0.3 is 5.97 Å². The second-order valence-corrected chi connectivity index (χ2v) is 7.99. The van der Waals surface area contributed by atoms with E-state index in [1.807, 2.05) is 6.26 Å². The first-order valence-corrected chi connectivity index (χ1v) is 11.0. The van der Waals surface area contributed by atoms with Crippen LogP contribution >= 0.6 is 11.8 Å². The van der Waals surface area contributed by atoms with Crippen molar-refractivity contribution in [2.45, 2.75) is 37.4 Å². The predicted octanol–water partition coefficient (Wildman–Crippen LogP) is 0.0351. The molecule has 1 aromatic heterocycles. The van der Waals surface area contributed by atoms with E-state index >= 15 is 0 Å². The molecule has 0 aliphatic rings. The first-order chi connectivity index (χ1) is 14.8. The van der Waals surface area contributed by atoms with Gasteiger partial charge in [0.1, 0.15) is 17.8 Å². The van der Waals surface area contributed by atoms with Gasteiger partial charge in [0.15, 0.2) is 0 Å². The van der Waals surface area contributed by atoms with Gasteiger partial charge in [-0.15, -0.1) is 0 Å². The number of aromatic hydroxyl groups is 1. The van der Waals surface area contributed by atoms with Crippen LogP contribution in [0, 0.1) is 0 Å². The molecule has 168 valence electrons. The van der Waals surface area contributed by atoms with Gasteiger partial charge in [-0.2, -0.15) is 11.8 Å². The van der Waals surface area contributed by atoms with E-state index in [1.165, 1.54) is 24.7 Å². The van der Waals surface area contributed by atoms with Crippen LogP contribution in [-0.2, 0) is 27.2 Å². The molecule has 1 aromatic carbocycles. The van der Waals surface area contributed by atoms with Crippen molar-refractivity contribution in [2.75, 3.05) is 12.0 Å². The fourth-order valence-electron chi connectivity index (χ4n) is 2.82. The summed E-state index contributed by atoms with van der Waals surface area (Å²) in [5.74, 6) is -1.60. The summed E-state index contributed by atoms with van der Waals surface area (Å²) in [5, 5.41) is 24.1. The maximum absolute atomic E-state index is 12.9. The summed E-state index contributed by atoms with van der Waals surface area (Å²) in [5.41, 5.74) is 7.13. The highest BCUT2D eigenvalue weighted by Gasteiger charge is 2.28. The lowest BCUT2D eigenvalue weighted by molar-refractivity contribution is -0.142. The Labute approximate surface area is 184 Å². The molecule has 31 heavy (non-hydrogen) atoms. The molecular formula is C20H27N5O5S. The Kier molecular flexibility index (Phi) is 9.35. The molecule has 7 N–H and O–H groups in total. The van der Waals surface area contributed by atoms with E-state index in [9.17, 15) is 24.6 Å². The second-order valence-electron chi connectivity index (χ2n) is 7.00. The number of nitrogens with two attached hydrogens (primary N) is 1. The van der Waals surface area contributed by atoms with Gasteiger partial charge in [-0.05, 0) is 36.1 Å². The number of carbonyl (C=O) groups excluding carboxylic acids is 2. The molecular weight excluding hydrogens is 422 g/mol. The van der Waals surface area contributed by atoms with Gasteiger partial charge in [0.2, 0.25) is 11.8 Å². The number of thioether (sulfide) groups is 1. The largest absolute Gasteiger partial charge is 0.508 e. The van der Waals surface area contributed by atoms with Crippen molar-refractivity contribution in [3.63, 3.8) is 0 Å². The number of benzene rings is 1. The fraction of sp³-hybridized carbons (Fsp3) is 0.400. The van der Waals surface area contributed by atoms with Crippen molar-refractivity contribution in [1.29, 1.82) is 0 Å². The molecule has 0 aliphatic heterocycles. The van der Waals surface area contributed by atoms with Gasteiger partial charge in [0.05, 0.1) is 12.4 Å². The lowest BCUT2D eigenvalue weighted by atomic mass is 10.0. The molecule has 0 fully saturated rings. The number of phenols is 1. The normalized spacial score (nSPS) is 13.7. The van der Waals surface area contributed by atoms with Crippen LogP contribution in [0.25, 0.3) is 0 Å². The zero-order valence-electron chi connectivity index (χ0n) is 17.1. The molecule has 3 unspecified atom stereocenters. The zero-order valence-corrected chi connectivity index (χ0v) is 17.9. The monoisotopic (exact) mass is 449 g/mol. The van der Waals surface area contributed by atoms with Crippen LogP contribution in [0.3, 0.4) is 0 Å². The van der Waals surface area contributed by atoms with Crippen LogP contribution in [0.5, 0.6) is 5.75 Å². The number of carbonyl (C=O) groups is 3. The summed E-state index contributed by atoms with van der Waals surface area (Å²) in [6, 6.07) is 3.13. The van der Waals surface area contributed by atoms with Crippen LogP contribution < -0.4 is 16.4 Å². The molecule has 11 heteroatoms. The number of phenolic OH excluding ortho intramolecular Hbond substituents is 1. The topological polar surface area (TPSA) is 170 Å². The Balaban J connectivity index is 2.14. The second kappa shape index (κ2) is 12.0. The van der Waals surface area contributed by atoms with E-state index in [0.717, 1.165) is 0 Å². The Bertz CT molecular complexity index is 859. The van der Waals surface area contributed by atoms with Gasteiger partial charge < -0.3 is 31.6 Å². The Morgan fingerprint density at radius 1 is 1.13 bits per heavy atom. The predicted molar refractivity (Wildman–Crippen MR) is 117 cm³/mol. The summed E-state index contributed by atoms with van der Waals surface area (Å²) < 4.78 is 0. The number of rotatable bonds is 12. The van der Waals surface area contributed by atoms with Crippen LogP contribution in [0.2, 0.25) is 0 Å². The van der Waals surface area contributed by atoms with E-state index in [-0.39, 0.29) is 18.6 Å². The van der Waals surface area contributed by atoms with Gasteiger partial charge in [-0.3, -0.25) is 9.59 Å². The average Bonchev–Trinajstić information content (AvgIpc) is 3.25. The number of aromatic nitrogens is 2. The fourth-order valence-corrected chi connectivity index (χ4v) is 3.31. The smallest absolute Gasteiger partial charge is 0.326 e.